The van der Waals surface area contributed by atoms with Gasteiger partial charge in [-0.1, -0.05) is 78.0 Å². The summed E-state index contributed by atoms with van der Waals surface area (Å²) < 4.78 is 7.33. The van der Waals surface area contributed by atoms with Gasteiger partial charge >= 0.3 is 0 Å². The van der Waals surface area contributed by atoms with Gasteiger partial charge in [-0.2, -0.15) is 5.10 Å². The van der Waals surface area contributed by atoms with Gasteiger partial charge in [-0.3, -0.25) is 0 Å². The maximum absolute atomic E-state index is 6.10. The van der Waals surface area contributed by atoms with Crippen LogP contribution in [0.15, 0.2) is 89.1 Å². The molecule has 3 aromatic carbocycles. The van der Waals surface area contributed by atoms with Crippen molar-refractivity contribution in [2.45, 2.75) is 17.5 Å². The molecule has 0 unspecified atom stereocenters. The molecule has 0 bridgehead atoms. The Kier molecular flexibility index (Phi) is 7.27. The Balaban J connectivity index is 1.36. The summed E-state index contributed by atoms with van der Waals surface area (Å²) in [5.74, 6) is 7.90. The van der Waals surface area contributed by atoms with Crippen LogP contribution in [0, 0.1) is 0 Å². The van der Waals surface area contributed by atoms with E-state index < -0.39 is 0 Å². The summed E-state index contributed by atoms with van der Waals surface area (Å²) in [5, 5.41) is 13.7. The predicted molar refractivity (Wildman–Crippen MR) is 130 cm³/mol. The van der Waals surface area contributed by atoms with Gasteiger partial charge < -0.3 is 10.6 Å². The first-order valence-electron chi connectivity index (χ1n) is 9.81. The lowest BCUT2D eigenvalue weighted by atomic mass is 10.2. The first-order chi connectivity index (χ1) is 15.7. The summed E-state index contributed by atoms with van der Waals surface area (Å²) in [7, 11) is 0. The molecular weight excluding hydrogens is 444 g/mol. The maximum atomic E-state index is 6.10. The molecule has 0 atom stereocenters. The van der Waals surface area contributed by atoms with Crippen molar-refractivity contribution in [2.24, 2.45) is 5.10 Å². The van der Waals surface area contributed by atoms with Gasteiger partial charge in [0.1, 0.15) is 12.4 Å². The molecule has 0 radical (unpaired) electrons. The molecule has 0 saturated heterocycles. The second-order valence-electron chi connectivity index (χ2n) is 6.77. The quantitative estimate of drug-likeness (QED) is 0.157. The number of nitrogens with two attached hydrogens (primary N) is 1. The number of nitrogens with zero attached hydrogens (tertiary/aromatic N) is 4. The van der Waals surface area contributed by atoms with Gasteiger partial charge in [0.2, 0.25) is 5.16 Å². The molecule has 0 amide bonds. The SMILES string of the molecule is Nn1c(N/N=C/c2ccccc2OCc2ccc(Cl)cc2)nnc1SCc1ccccc1. The van der Waals surface area contributed by atoms with E-state index in [1.165, 1.54) is 22.0 Å². The largest absolute Gasteiger partial charge is 0.488 e. The van der Waals surface area contributed by atoms with Crippen LogP contribution in [0.4, 0.5) is 5.95 Å². The fourth-order valence-electron chi connectivity index (χ4n) is 2.79. The molecular formula is C23H21ClN6OS. The van der Waals surface area contributed by atoms with Gasteiger partial charge in [0, 0.05) is 16.3 Å². The Hall–Kier alpha value is -3.49. The minimum Gasteiger partial charge on any atom is -0.488 e. The Labute approximate surface area is 195 Å². The number of hydrogen-bond acceptors (Lipinski definition) is 7. The van der Waals surface area contributed by atoms with Crippen LogP contribution in [-0.4, -0.2) is 21.1 Å². The normalized spacial score (nSPS) is 11.0. The molecule has 162 valence electrons. The minimum absolute atomic E-state index is 0.344. The topological polar surface area (TPSA) is 90.3 Å². The van der Waals surface area contributed by atoms with Gasteiger partial charge in [-0.15, -0.1) is 10.2 Å². The van der Waals surface area contributed by atoms with Crippen LogP contribution in [0.2, 0.25) is 5.02 Å². The molecule has 0 aliphatic rings. The summed E-state index contributed by atoms with van der Waals surface area (Å²) in [6, 6.07) is 25.3. The molecule has 0 spiro atoms. The van der Waals surface area contributed by atoms with E-state index in [-0.39, 0.29) is 0 Å². The molecule has 7 nitrogen and oxygen atoms in total. The predicted octanol–water partition coefficient (Wildman–Crippen LogP) is 4.96. The number of para-hydroxylation sites is 1. The average molecular weight is 465 g/mol. The van der Waals surface area contributed by atoms with Gasteiger partial charge in [-0.05, 0) is 35.4 Å². The molecule has 4 aromatic rings. The van der Waals surface area contributed by atoms with Crippen LogP contribution in [0.1, 0.15) is 16.7 Å². The van der Waals surface area contributed by atoms with Crippen LogP contribution in [0.25, 0.3) is 0 Å². The summed E-state index contributed by atoms with van der Waals surface area (Å²) in [6.45, 7) is 0.425. The first-order valence-corrected chi connectivity index (χ1v) is 11.2. The first kappa shape index (κ1) is 21.7. The number of benzene rings is 3. The summed E-state index contributed by atoms with van der Waals surface area (Å²) >= 11 is 7.44. The average Bonchev–Trinajstić information content (AvgIpc) is 3.18. The summed E-state index contributed by atoms with van der Waals surface area (Å²) in [4.78, 5) is 0. The number of thioether (sulfide) groups is 1. The van der Waals surface area contributed by atoms with Gasteiger partial charge in [0.05, 0.1) is 6.21 Å². The van der Waals surface area contributed by atoms with Crippen molar-refractivity contribution < 1.29 is 4.74 Å². The third kappa shape index (κ3) is 5.81. The molecule has 9 heteroatoms. The zero-order valence-corrected chi connectivity index (χ0v) is 18.6. The standard InChI is InChI=1S/C23H21ClN6OS/c24-20-12-10-17(11-13-20)15-31-21-9-5-4-8-19(21)14-26-27-22-28-29-23(30(22)25)32-16-18-6-2-1-3-7-18/h1-14H,15-16,25H2,(H,27,28)/b26-14+. The number of halogens is 1. The lowest BCUT2D eigenvalue weighted by Gasteiger charge is -2.09. The van der Waals surface area contributed by atoms with Gasteiger partial charge in [0.15, 0.2) is 0 Å². The molecule has 0 aliphatic heterocycles. The molecule has 1 aromatic heterocycles. The van der Waals surface area contributed by atoms with E-state index in [1.54, 1.807) is 6.21 Å². The van der Waals surface area contributed by atoms with Crippen molar-refractivity contribution in [3.8, 4) is 5.75 Å². The summed E-state index contributed by atoms with van der Waals surface area (Å²) in [5.41, 5.74) is 5.86. The van der Waals surface area contributed by atoms with Gasteiger partial charge in [-0.25, -0.2) is 10.1 Å². The second-order valence-corrected chi connectivity index (χ2v) is 8.15. The molecule has 1 heterocycles. The number of anilines is 1. The van der Waals surface area contributed by atoms with E-state index >= 15 is 0 Å². The number of ether oxygens (including phenoxy) is 1. The Morgan fingerprint density at radius 1 is 0.969 bits per heavy atom. The second kappa shape index (κ2) is 10.7. The number of nitrogen functional groups attached to an aromatic ring is 1. The number of hydrazone groups is 1. The van der Waals surface area contributed by atoms with E-state index in [4.69, 9.17) is 22.2 Å². The van der Waals surface area contributed by atoms with Crippen LogP contribution in [-0.2, 0) is 12.4 Å². The molecule has 32 heavy (non-hydrogen) atoms. The third-order valence-electron chi connectivity index (χ3n) is 4.47. The van der Waals surface area contributed by atoms with E-state index in [1.807, 2.05) is 66.7 Å². The lowest BCUT2D eigenvalue weighted by molar-refractivity contribution is 0.306. The highest BCUT2D eigenvalue weighted by molar-refractivity contribution is 7.98. The Morgan fingerprint density at radius 2 is 1.72 bits per heavy atom. The number of nitrogens with one attached hydrogen (secondary N) is 1. The molecule has 3 N–H and O–H groups in total. The fraction of sp³-hybridized carbons (Fsp3) is 0.0870. The van der Waals surface area contributed by atoms with E-state index in [0.717, 1.165) is 16.9 Å². The number of aromatic nitrogens is 3. The smallest absolute Gasteiger partial charge is 0.264 e. The van der Waals surface area contributed by atoms with E-state index in [9.17, 15) is 0 Å². The molecule has 0 saturated carbocycles. The zero-order chi connectivity index (χ0) is 22.2. The third-order valence-corrected chi connectivity index (χ3v) is 5.74. The van der Waals surface area contributed by atoms with Crippen molar-refractivity contribution in [3.63, 3.8) is 0 Å². The maximum Gasteiger partial charge on any atom is 0.264 e. The van der Waals surface area contributed by atoms with Gasteiger partial charge in [0.25, 0.3) is 5.95 Å². The van der Waals surface area contributed by atoms with E-state index in [0.29, 0.717) is 28.5 Å². The molecule has 0 aliphatic carbocycles. The zero-order valence-electron chi connectivity index (χ0n) is 17.1. The van der Waals surface area contributed by atoms with Crippen molar-refractivity contribution in [2.75, 3.05) is 11.3 Å². The Bertz CT molecular complexity index is 1180. The highest BCUT2D eigenvalue weighted by Gasteiger charge is 2.10. The fourth-order valence-corrected chi connectivity index (χ4v) is 3.73. The van der Waals surface area contributed by atoms with E-state index in [2.05, 4.69) is 32.9 Å². The minimum atomic E-state index is 0.344. The Morgan fingerprint density at radius 3 is 2.53 bits per heavy atom. The summed E-state index contributed by atoms with van der Waals surface area (Å²) in [6.07, 6.45) is 1.66. The highest BCUT2D eigenvalue weighted by atomic mass is 35.5. The van der Waals surface area contributed by atoms with Crippen LogP contribution in [0.5, 0.6) is 5.75 Å². The monoisotopic (exact) mass is 464 g/mol. The van der Waals surface area contributed by atoms with Crippen molar-refractivity contribution in [1.82, 2.24) is 14.9 Å². The molecule has 4 rings (SSSR count). The van der Waals surface area contributed by atoms with Crippen LogP contribution >= 0.6 is 23.4 Å². The van der Waals surface area contributed by atoms with Crippen LogP contribution < -0.4 is 16.0 Å². The van der Waals surface area contributed by atoms with Crippen LogP contribution in [0.3, 0.4) is 0 Å². The number of rotatable bonds is 9. The van der Waals surface area contributed by atoms with Crippen molar-refractivity contribution in [3.05, 3.63) is 101 Å². The number of hydrogen-bond donors (Lipinski definition) is 2. The van der Waals surface area contributed by atoms with Crippen molar-refractivity contribution in [1.29, 1.82) is 0 Å². The van der Waals surface area contributed by atoms with Crippen molar-refractivity contribution >= 4 is 35.5 Å². The molecule has 0 fully saturated rings. The lowest BCUT2D eigenvalue weighted by Crippen LogP contribution is -2.13. The highest BCUT2D eigenvalue weighted by Crippen LogP contribution is 2.22.